The number of amides is 1. The lowest BCUT2D eigenvalue weighted by Crippen LogP contribution is -2.31. The van der Waals surface area contributed by atoms with E-state index in [0.29, 0.717) is 15.6 Å². The Balaban J connectivity index is 2.89. The Kier molecular flexibility index (Phi) is 3.54. The van der Waals surface area contributed by atoms with Gasteiger partial charge in [0.2, 0.25) is 5.91 Å². The third-order valence-corrected chi connectivity index (χ3v) is 2.40. The van der Waals surface area contributed by atoms with Crippen molar-refractivity contribution in [2.24, 2.45) is 5.84 Å². The molecule has 0 saturated carbocycles. The first-order valence-corrected chi connectivity index (χ1v) is 4.33. The molecule has 1 aromatic carbocycles. The van der Waals surface area contributed by atoms with Gasteiger partial charge in [-0.3, -0.25) is 10.2 Å². The highest BCUT2D eigenvalue weighted by atomic mass is 35.5. The van der Waals surface area contributed by atoms with E-state index in [1.165, 1.54) is 0 Å². The minimum atomic E-state index is -0.302. The van der Waals surface area contributed by atoms with Crippen molar-refractivity contribution < 1.29 is 4.79 Å². The Morgan fingerprint density at radius 1 is 1.46 bits per heavy atom. The third kappa shape index (κ3) is 2.59. The second-order valence-corrected chi connectivity index (χ2v) is 3.24. The normalized spacial score (nSPS) is 9.77. The van der Waals surface area contributed by atoms with Crippen LogP contribution in [-0.4, -0.2) is 5.91 Å². The van der Waals surface area contributed by atoms with Gasteiger partial charge in [0.25, 0.3) is 0 Å². The number of halogens is 2. The van der Waals surface area contributed by atoms with Gasteiger partial charge in [-0.25, -0.2) is 5.84 Å². The lowest BCUT2D eigenvalue weighted by atomic mass is 10.1. The molecule has 1 amide bonds. The van der Waals surface area contributed by atoms with Gasteiger partial charge in [0.05, 0.1) is 16.5 Å². The predicted molar refractivity (Wildman–Crippen MR) is 52.5 cm³/mol. The fourth-order valence-electron chi connectivity index (χ4n) is 0.909. The topological polar surface area (TPSA) is 55.1 Å². The quantitative estimate of drug-likeness (QED) is 0.450. The van der Waals surface area contributed by atoms with Crippen LogP contribution in [0.3, 0.4) is 0 Å². The summed E-state index contributed by atoms with van der Waals surface area (Å²) in [7, 11) is 0. The van der Waals surface area contributed by atoms with Crippen molar-refractivity contribution in [2.45, 2.75) is 6.42 Å². The van der Waals surface area contributed by atoms with Crippen LogP contribution in [0.4, 0.5) is 0 Å². The van der Waals surface area contributed by atoms with Gasteiger partial charge in [0.1, 0.15) is 0 Å². The lowest BCUT2D eigenvalue weighted by molar-refractivity contribution is -0.120. The van der Waals surface area contributed by atoms with Crippen molar-refractivity contribution in [3.05, 3.63) is 33.8 Å². The average Bonchev–Trinajstić information content (AvgIpc) is 2.13. The smallest absolute Gasteiger partial charge is 0.238 e. The van der Waals surface area contributed by atoms with E-state index in [9.17, 15) is 4.79 Å². The van der Waals surface area contributed by atoms with Gasteiger partial charge >= 0.3 is 0 Å². The molecule has 13 heavy (non-hydrogen) atoms. The number of hydrazine groups is 1. The molecular formula is C8H8Cl2N2O. The molecule has 0 aromatic heterocycles. The van der Waals surface area contributed by atoms with Crippen molar-refractivity contribution in [3.63, 3.8) is 0 Å². The van der Waals surface area contributed by atoms with Crippen molar-refractivity contribution in [1.82, 2.24) is 5.43 Å². The summed E-state index contributed by atoms with van der Waals surface area (Å²) in [5.41, 5.74) is 2.68. The van der Waals surface area contributed by atoms with Crippen LogP contribution in [-0.2, 0) is 11.2 Å². The Bertz CT molecular complexity index is 328. The summed E-state index contributed by atoms with van der Waals surface area (Å²) in [6.07, 6.45) is 0.135. The summed E-state index contributed by atoms with van der Waals surface area (Å²) in [6.45, 7) is 0. The number of nitrogens with one attached hydrogen (secondary N) is 1. The highest BCUT2D eigenvalue weighted by Gasteiger charge is 2.07. The minimum Gasteiger partial charge on any atom is -0.294 e. The van der Waals surface area contributed by atoms with Crippen molar-refractivity contribution in [2.75, 3.05) is 0 Å². The van der Waals surface area contributed by atoms with E-state index in [4.69, 9.17) is 29.0 Å². The summed E-state index contributed by atoms with van der Waals surface area (Å²) in [5.74, 6) is 4.63. The fraction of sp³-hybridized carbons (Fsp3) is 0.125. The van der Waals surface area contributed by atoms with E-state index in [1.54, 1.807) is 18.2 Å². The summed E-state index contributed by atoms with van der Waals surface area (Å²) < 4.78 is 0. The Labute approximate surface area is 85.8 Å². The lowest BCUT2D eigenvalue weighted by Gasteiger charge is -2.03. The number of nitrogens with two attached hydrogens (primary N) is 1. The van der Waals surface area contributed by atoms with E-state index < -0.39 is 0 Å². The van der Waals surface area contributed by atoms with Crippen LogP contribution in [0.1, 0.15) is 5.56 Å². The standard InChI is InChI=1S/C8H8Cl2N2O/c9-6-3-1-2-5(8(6)10)4-7(13)12-11/h1-3H,4,11H2,(H,12,13). The van der Waals surface area contributed by atoms with Gasteiger partial charge in [-0.2, -0.15) is 0 Å². The molecule has 3 N–H and O–H groups in total. The largest absolute Gasteiger partial charge is 0.294 e. The summed E-state index contributed by atoms with van der Waals surface area (Å²) in [5, 5.41) is 0.830. The van der Waals surface area contributed by atoms with E-state index >= 15 is 0 Å². The maximum absolute atomic E-state index is 10.9. The molecule has 0 bridgehead atoms. The monoisotopic (exact) mass is 218 g/mol. The van der Waals surface area contributed by atoms with Crippen LogP contribution in [0.25, 0.3) is 0 Å². The van der Waals surface area contributed by atoms with Crippen LogP contribution < -0.4 is 11.3 Å². The first kappa shape index (κ1) is 10.3. The van der Waals surface area contributed by atoms with E-state index in [0.717, 1.165) is 0 Å². The zero-order valence-corrected chi connectivity index (χ0v) is 8.19. The molecule has 0 atom stereocenters. The molecule has 0 aliphatic heterocycles. The predicted octanol–water partition coefficient (Wildman–Crippen LogP) is 1.53. The Morgan fingerprint density at radius 3 is 2.77 bits per heavy atom. The van der Waals surface area contributed by atoms with Crippen molar-refractivity contribution >= 4 is 29.1 Å². The number of hydrogen-bond donors (Lipinski definition) is 2. The highest BCUT2D eigenvalue weighted by Crippen LogP contribution is 2.25. The molecule has 0 radical (unpaired) electrons. The molecule has 1 rings (SSSR count). The Morgan fingerprint density at radius 2 is 2.15 bits per heavy atom. The van der Waals surface area contributed by atoms with E-state index in [-0.39, 0.29) is 12.3 Å². The maximum atomic E-state index is 10.9. The summed E-state index contributed by atoms with van der Waals surface area (Å²) >= 11 is 11.6. The third-order valence-electron chi connectivity index (χ3n) is 1.54. The SMILES string of the molecule is NNC(=O)Cc1cccc(Cl)c1Cl. The molecule has 0 fully saturated rings. The molecule has 0 heterocycles. The first-order chi connectivity index (χ1) is 6.15. The summed E-state index contributed by atoms with van der Waals surface area (Å²) in [4.78, 5) is 10.9. The van der Waals surface area contributed by atoms with Gasteiger partial charge in [-0.05, 0) is 11.6 Å². The fourth-order valence-corrected chi connectivity index (χ4v) is 1.30. The molecule has 0 spiro atoms. The number of benzene rings is 1. The molecule has 0 saturated heterocycles. The first-order valence-electron chi connectivity index (χ1n) is 3.57. The minimum absolute atomic E-state index is 0.135. The zero-order chi connectivity index (χ0) is 9.84. The molecule has 70 valence electrons. The van der Waals surface area contributed by atoms with Gasteiger partial charge < -0.3 is 0 Å². The van der Waals surface area contributed by atoms with Gasteiger partial charge in [0, 0.05) is 0 Å². The summed E-state index contributed by atoms with van der Waals surface area (Å²) in [6, 6.07) is 5.12. The van der Waals surface area contributed by atoms with Gasteiger partial charge in [-0.15, -0.1) is 0 Å². The number of carbonyl (C=O) groups excluding carboxylic acids is 1. The molecule has 0 unspecified atom stereocenters. The second-order valence-electron chi connectivity index (χ2n) is 2.46. The average molecular weight is 219 g/mol. The Hall–Kier alpha value is -0.770. The van der Waals surface area contributed by atoms with Crippen LogP contribution in [0.2, 0.25) is 10.0 Å². The van der Waals surface area contributed by atoms with Gasteiger partial charge in [-0.1, -0.05) is 35.3 Å². The van der Waals surface area contributed by atoms with Crippen molar-refractivity contribution in [1.29, 1.82) is 0 Å². The number of hydrogen-bond acceptors (Lipinski definition) is 2. The van der Waals surface area contributed by atoms with Crippen LogP contribution >= 0.6 is 23.2 Å². The highest BCUT2D eigenvalue weighted by molar-refractivity contribution is 6.42. The van der Waals surface area contributed by atoms with E-state index in [2.05, 4.69) is 0 Å². The van der Waals surface area contributed by atoms with Crippen LogP contribution in [0, 0.1) is 0 Å². The zero-order valence-electron chi connectivity index (χ0n) is 6.68. The number of carbonyl (C=O) groups is 1. The van der Waals surface area contributed by atoms with E-state index in [1.807, 2.05) is 5.43 Å². The molecular weight excluding hydrogens is 211 g/mol. The second kappa shape index (κ2) is 4.46. The molecule has 3 nitrogen and oxygen atoms in total. The molecule has 0 aliphatic rings. The van der Waals surface area contributed by atoms with Crippen LogP contribution in [0.15, 0.2) is 18.2 Å². The van der Waals surface area contributed by atoms with Gasteiger partial charge in [0.15, 0.2) is 0 Å². The molecule has 5 heteroatoms. The molecule has 1 aromatic rings. The maximum Gasteiger partial charge on any atom is 0.238 e. The molecule has 0 aliphatic carbocycles. The van der Waals surface area contributed by atoms with Crippen LogP contribution in [0.5, 0.6) is 0 Å². The number of rotatable bonds is 2. The van der Waals surface area contributed by atoms with Crippen molar-refractivity contribution in [3.8, 4) is 0 Å².